The topological polar surface area (TPSA) is 17.4 Å². The number of fused-ring (bicyclic) bond motifs is 6. The number of aromatic nitrogens is 1. The molecule has 1 atom stereocenters. The summed E-state index contributed by atoms with van der Waals surface area (Å²) in [7, 11) is 0. The SMILES string of the molecule is C=Cc1ccc(Oc2ccc(C3(c4ccccc4)c4ccccc4-c4ccc(N(c5ccc(-c6ccc7c(c6)c6ccccc6n7-c6ccccc6)cc5)c5ccc(C(C)(C)C)cc5)cc43)cc2)cc1. The van der Waals surface area contributed by atoms with E-state index < -0.39 is 5.41 Å². The van der Waals surface area contributed by atoms with Crippen LogP contribution in [-0.4, -0.2) is 4.57 Å². The maximum absolute atomic E-state index is 6.40. The molecule has 1 aromatic heterocycles. The predicted molar refractivity (Wildman–Crippen MR) is 294 cm³/mol. The molecule has 0 N–H and O–H groups in total. The summed E-state index contributed by atoms with van der Waals surface area (Å²) in [6.07, 6.45) is 1.84. The lowest BCUT2D eigenvalue weighted by atomic mass is 9.67. The van der Waals surface area contributed by atoms with Gasteiger partial charge in [-0.05, 0) is 152 Å². The van der Waals surface area contributed by atoms with E-state index in [2.05, 4.69) is 255 Å². The molecule has 0 fully saturated rings. The highest BCUT2D eigenvalue weighted by Crippen LogP contribution is 2.57. The van der Waals surface area contributed by atoms with E-state index in [0.29, 0.717) is 0 Å². The van der Waals surface area contributed by atoms with E-state index in [1.807, 2.05) is 30.3 Å². The van der Waals surface area contributed by atoms with Crippen LogP contribution in [0.4, 0.5) is 17.1 Å². The normalized spacial score (nSPS) is 14.0. The average Bonchev–Trinajstić information content (AvgIpc) is 3.90. The molecule has 1 unspecified atom stereocenters. The molecule has 1 aliphatic rings. The lowest BCUT2D eigenvalue weighted by Crippen LogP contribution is -2.28. The fourth-order valence-corrected chi connectivity index (χ4v) is 10.8. The van der Waals surface area contributed by atoms with E-state index in [4.69, 9.17) is 4.74 Å². The highest BCUT2D eigenvalue weighted by atomic mass is 16.5. The minimum Gasteiger partial charge on any atom is -0.457 e. The summed E-state index contributed by atoms with van der Waals surface area (Å²) in [6.45, 7) is 10.7. The summed E-state index contributed by atoms with van der Waals surface area (Å²) in [5.41, 5.74) is 18.3. The molecular weight excluding hydrogens is 849 g/mol. The first-order valence-corrected chi connectivity index (χ1v) is 24.2. The van der Waals surface area contributed by atoms with Crippen LogP contribution >= 0.6 is 0 Å². The molecule has 3 nitrogen and oxygen atoms in total. The third-order valence-corrected chi connectivity index (χ3v) is 14.3. The van der Waals surface area contributed by atoms with Crippen LogP contribution in [0.1, 0.15) is 54.2 Å². The fourth-order valence-electron chi connectivity index (χ4n) is 10.8. The Hall–Kier alpha value is -8.66. The second kappa shape index (κ2) is 17.1. The highest BCUT2D eigenvalue weighted by molar-refractivity contribution is 6.10. The Bertz CT molecular complexity index is 3700. The van der Waals surface area contributed by atoms with Gasteiger partial charge in [-0.25, -0.2) is 0 Å². The second-order valence-corrected chi connectivity index (χ2v) is 19.4. The number of anilines is 3. The first-order valence-electron chi connectivity index (χ1n) is 24.2. The number of para-hydroxylation sites is 2. The van der Waals surface area contributed by atoms with Crippen molar-refractivity contribution in [1.29, 1.82) is 0 Å². The molecule has 10 aromatic carbocycles. The van der Waals surface area contributed by atoms with Gasteiger partial charge in [0.2, 0.25) is 0 Å². The summed E-state index contributed by atoms with van der Waals surface area (Å²) in [4.78, 5) is 2.42. The molecule has 70 heavy (non-hydrogen) atoms. The van der Waals surface area contributed by atoms with Crippen LogP contribution in [-0.2, 0) is 10.8 Å². The van der Waals surface area contributed by atoms with Crippen LogP contribution in [0.15, 0.2) is 249 Å². The highest BCUT2D eigenvalue weighted by Gasteiger charge is 2.46. The first-order chi connectivity index (χ1) is 34.3. The van der Waals surface area contributed by atoms with E-state index in [9.17, 15) is 0 Å². The van der Waals surface area contributed by atoms with Crippen molar-refractivity contribution >= 4 is 44.9 Å². The van der Waals surface area contributed by atoms with E-state index >= 15 is 0 Å². The van der Waals surface area contributed by atoms with Crippen molar-refractivity contribution < 1.29 is 4.74 Å². The number of ether oxygens (including phenoxy) is 1. The zero-order valence-corrected chi connectivity index (χ0v) is 39.7. The van der Waals surface area contributed by atoms with Gasteiger partial charge in [-0.3, -0.25) is 0 Å². The standard InChI is InChI=1S/C67H52N2O/c1-5-46-24-38-56(39-25-46)70-57-40-31-51(32-41-57)67(50-16-8-6-9-17-50)62-22-14-12-20-58(62)59-42-37-55(45-63(59)67)68(54-35-29-49(30-36-54)66(2,3)4)53-33-26-47(27-34-53)48-28-43-65-61(44-48)60-21-13-15-23-64(60)69(65)52-18-10-7-11-19-52/h5-45H,1H2,2-4H3. The third kappa shape index (κ3) is 7.21. The Kier molecular flexibility index (Phi) is 10.4. The number of nitrogens with zero attached hydrogens (tertiary/aromatic N) is 2. The summed E-state index contributed by atoms with van der Waals surface area (Å²) >= 11 is 0. The van der Waals surface area contributed by atoms with Crippen molar-refractivity contribution in [3.05, 3.63) is 283 Å². The molecule has 0 aliphatic heterocycles. The van der Waals surface area contributed by atoms with E-state index in [1.54, 1.807) is 0 Å². The molecule has 1 aliphatic carbocycles. The van der Waals surface area contributed by atoms with Crippen LogP contribution in [0, 0.1) is 0 Å². The van der Waals surface area contributed by atoms with Gasteiger partial charge in [-0.1, -0.05) is 185 Å². The minimum absolute atomic E-state index is 0.0187. The Morgan fingerprint density at radius 3 is 1.71 bits per heavy atom. The molecule has 0 bridgehead atoms. The largest absolute Gasteiger partial charge is 0.457 e. The lowest BCUT2D eigenvalue weighted by Gasteiger charge is -2.35. The molecule has 0 amide bonds. The van der Waals surface area contributed by atoms with Gasteiger partial charge in [-0.15, -0.1) is 0 Å². The van der Waals surface area contributed by atoms with E-state index in [-0.39, 0.29) is 5.41 Å². The van der Waals surface area contributed by atoms with Crippen molar-refractivity contribution in [1.82, 2.24) is 4.57 Å². The van der Waals surface area contributed by atoms with Gasteiger partial charge in [0.1, 0.15) is 11.5 Å². The molecule has 0 spiro atoms. The van der Waals surface area contributed by atoms with Crippen molar-refractivity contribution in [2.75, 3.05) is 4.90 Å². The zero-order valence-electron chi connectivity index (χ0n) is 39.7. The molecule has 0 saturated heterocycles. The average molecular weight is 901 g/mol. The van der Waals surface area contributed by atoms with Crippen molar-refractivity contribution in [2.24, 2.45) is 0 Å². The summed E-state index contributed by atoms with van der Waals surface area (Å²) in [6, 6.07) is 88.2. The molecular formula is C67H52N2O. The van der Waals surface area contributed by atoms with Gasteiger partial charge >= 0.3 is 0 Å². The van der Waals surface area contributed by atoms with Crippen LogP contribution in [0.5, 0.6) is 11.5 Å². The summed E-state index contributed by atoms with van der Waals surface area (Å²) < 4.78 is 8.77. The number of hydrogen-bond donors (Lipinski definition) is 0. The third-order valence-electron chi connectivity index (χ3n) is 14.3. The molecule has 336 valence electrons. The van der Waals surface area contributed by atoms with E-state index in [1.165, 1.54) is 71.9 Å². The Labute approximate surface area is 410 Å². The monoisotopic (exact) mass is 900 g/mol. The fraction of sp³-hybridized carbons (Fsp3) is 0.0746. The van der Waals surface area contributed by atoms with E-state index in [0.717, 1.165) is 39.8 Å². The minimum atomic E-state index is -0.610. The van der Waals surface area contributed by atoms with Crippen LogP contribution in [0.3, 0.4) is 0 Å². The number of rotatable bonds is 10. The predicted octanol–water partition coefficient (Wildman–Crippen LogP) is 18.0. The van der Waals surface area contributed by atoms with Gasteiger partial charge in [0.25, 0.3) is 0 Å². The van der Waals surface area contributed by atoms with Crippen molar-refractivity contribution in [3.63, 3.8) is 0 Å². The molecule has 0 saturated carbocycles. The quantitative estimate of drug-likeness (QED) is 0.136. The first kappa shape index (κ1) is 42.7. The maximum Gasteiger partial charge on any atom is 0.127 e. The molecule has 1 heterocycles. The van der Waals surface area contributed by atoms with Gasteiger partial charge in [-0.2, -0.15) is 0 Å². The number of benzene rings is 10. The maximum atomic E-state index is 6.40. The van der Waals surface area contributed by atoms with Gasteiger partial charge in [0.15, 0.2) is 0 Å². The van der Waals surface area contributed by atoms with Crippen LogP contribution in [0.2, 0.25) is 0 Å². The van der Waals surface area contributed by atoms with Gasteiger partial charge in [0, 0.05) is 33.5 Å². The molecule has 0 radical (unpaired) electrons. The Balaban J connectivity index is 0.989. The van der Waals surface area contributed by atoms with Gasteiger partial charge < -0.3 is 14.2 Å². The second-order valence-electron chi connectivity index (χ2n) is 19.4. The Morgan fingerprint density at radius 2 is 1.01 bits per heavy atom. The Morgan fingerprint density at radius 1 is 0.457 bits per heavy atom. The zero-order chi connectivity index (χ0) is 47.4. The molecule has 12 rings (SSSR count). The molecule has 3 heteroatoms. The van der Waals surface area contributed by atoms with Crippen LogP contribution in [0.25, 0.3) is 55.8 Å². The van der Waals surface area contributed by atoms with Crippen LogP contribution < -0.4 is 9.64 Å². The number of hydrogen-bond acceptors (Lipinski definition) is 2. The van der Waals surface area contributed by atoms with Crippen molar-refractivity contribution in [3.8, 4) is 39.4 Å². The lowest BCUT2D eigenvalue weighted by molar-refractivity contribution is 0.482. The van der Waals surface area contributed by atoms with Crippen molar-refractivity contribution in [2.45, 2.75) is 31.6 Å². The smallest absolute Gasteiger partial charge is 0.127 e. The van der Waals surface area contributed by atoms with Gasteiger partial charge in [0.05, 0.1) is 16.4 Å². The molecule has 11 aromatic rings. The summed E-state index contributed by atoms with van der Waals surface area (Å²) in [5, 5.41) is 2.48. The summed E-state index contributed by atoms with van der Waals surface area (Å²) in [5.74, 6) is 1.57.